The Hall–Kier alpha value is -4.46. The summed E-state index contributed by atoms with van der Waals surface area (Å²) in [4.78, 5) is 27.2. The molecule has 0 spiro atoms. The SMILES string of the molecule is COc1cc(C(=O)n2c(C)c(CC(=O)O)c3ccccc32)ccc1OC[C@@H]1CN(C)c2ccccc2O1. The molecule has 0 unspecified atom stereocenters. The number of methoxy groups -OCH3 is 1. The summed E-state index contributed by atoms with van der Waals surface area (Å²) in [6.45, 7) is 2.75. The summed E-state index contributed by atoms with van der Waals surface area (Å²) in [5, 5.41) is 10.1. The van der Waals surface area contributed by atoms with Crippen molar-refractivity contribution < 1.29 is 28.9 Å². The summed E-state index contributed by atoms with van der Waals surface area (Å²) in [5.74, 6) is 0.525. The lowest BCUT2D eigenvalue weighted by molar-refractivity contribution is -0.136. The summed E-state index contributed by atoms with van der Waals surface area (Å²) < 4.78 is 19.3. The number of anilines is 1. The average molecular weight is 501 g/mol. The Morgan fingerprint density at radius 1 is 1.05 bits per heavy atom. The first-order chi connectivity index (χ1) is 17.9. The predicted octanol–water partition coefficient (Wildman–Crippen LogP) is 4.55. The van der Waals surface area contributed by atoms with Gasteiger partial charge in [0.05, 0.1) is 31.3 Å². The van der Waals surface area contributed by atoms with Crippen LogP contribution in [0.3, 0.4) is 0 Å². The monoisotopic (exact) mass is 500 g/mol. The molecule has 0 saturated carbocycles. The highest BCUT2D eigenvalue weighted by Crippen LogP contribution is 2.34. The highest BCUT2D eigenvalue weighted by atomic mass is 16.5. The lowest BCUT2D eigenvalue weighted by Crippen LogP contribution is -2.41. The summed E-state index contributed by atoms with van der Waals surface area (Å²) in [6, 6.07) is 20.2. The number of para-hydroxylation sites is 3. The fraction of sp³-hybridized carbons (Fsp3) is 0.241. The highest BCUT2D eigenvalue weighted by molar-refractivity contribution is 6.05. The first kappa shape index (κ1) is 24.2. The van der Waals surface area contributed by atoms with Gasteiger partial charge in [-0.1, -0.05) is 30.3 Å². The van der Waals surface area contributed by atoms with E-state index in [0.29, 0.717) is 47.0 Å². The Balaban J connectivity index is 1.39. The standard InChI is InChI=1S/C29H28N2O6/c1-18-22(15-28(32)33)21-8-4-5-9-23(21)31(18)29(34)19-12-13-26(27(14-19)35-3)36-17-20-16-30(2)24-10-6-7-11-25(24)37-20/h4-14,20H,15-17H2,1-3H3,(H,32,33)/t20-/m0/s1. The molecule has 37 heavy (non-hydrogen) atoms. The summed E-state index contributed by atoms with van der Waals surface area (Å²) in [6.07, 6.45) is -0.335. The number of nitrogens with zero attached hydrogens (tertiary/aromatic N) is 2. The third-order valence-corrected chi connectivity index (χ3v) is 6.66. The van der Waals surface area contributed by atoms with E-state index in [1.54, 1.807) is 29.7 Å². The van der Waals surface area contributed by atoms with Gasteiger partial charge in [-0.05, 0) is 48.9 Å². The number of aliphatic carboxylic acids is 1. The number of fused-ring (bicyclic) bond motifs is 2. The Kier molecular flexibility index (Phi) is 6.48. The largest absolute Gasteiger partial charge is 0.493 e. The molecular formula is C29H28N2O6. The highest BCUT2D eigenvalue weighted by Gasteiger charge is 2.25. The zero-order valence-electron chi connectivity index (χ0n) is 20.9. The van der Waals surface area contributed by atoms with Gasteiger partial charge in [-0.2, -0.15) is 0 Å². The summed E-state index contributed by atoms with van der Waals surface area (Å²) >= 11 is 0. The second-order valence-corrected chi connectivity index (χ2v) is 9.06. The molecule has 0 bridgehead atoms. The molecule has 190 valence electrons. The second-order valence-electron chi connectivity index (χ2n) is 9.06. The van der Waals surface area contributed by atoms with Gasteiger partial charge in [0, 0.05) is 23.7 Å². The van der Waals surface area contributed by atoms with Crippen LogP contribution >= 0.6 is 0 Å². The van der Waals surface area contributed by atoms with Crippen LogP contribution in [0.1, 0.15) is 21.6 Å². The zero-order chi connectivity index (χ0) is 26.1. The number of benzene rings is 3. The number of aromatic nitrogens is 1. The van der Waals surface area contributed by atoms with E-state index >= 15 is 0 Å². The van der Waals surface area contributed by atoms with Gasteiger partial charge in [0.2, 0.25) is 0 Å². The first-order valence-corrected chi connectivity index (χ1v) is 12.0. The van der Waals surface area contributed by atoms with Gasteiger partial charge >= 0.3 is 5.97 Å². The molecule has 8 nitrogen and oxygen atoms in total. The molecule has 1 aliphatic rings. The Labute approximate surface area is 214 Å². The van der Waals surface area contributed by atoms with E-state index in [2.05, 4.69) is 4.90 Å². The van der Waals surface area contributed by atoms with Gasteiger partial charge < -0.3 is 24.2 Å². The molecule has 4 aromatic rings. The maximum absolute atomic E-state index is 13.6. The van der Waals surface area contributed by atoms with E-state index in [4.69, 9.17) is 14.2 Å². The van der Waals surface area contributed by atoms with Gasteiger partial charge in [-0.3, -0.25) is 14.2 Å². The molecule has 5 rings (SSSR count). The van der Waals surface area contributed by atoms with Gasteiger partial charge in [-0.25, -0.2) is 0 Å². The molecule has 1 N–H and O–H groups in total. The van der Waals surface area contributed by atoms with E-state index in [1.165, 1.54) is 7.11 Å². The number of hydrogen-bond acceptors (Lipinski definition) is 6. The van der Waals surface area contributed by atoms with Crippen molar-refractivity contribution in [1.82, 2.24) is 4.57 Å². The molecule has 1 atom stereocenters. The van der Waals surface area contributed by atoms with Crippen LogP contribution in [-0.4, -0.2) is 55.0 Å². The molecule has 1 aliphatic heterocycles. The number of carbonyl (C=O) groups is 2. The van der Waals surface area contributed by atoms with Gasteiger partial charge in [0.25, 0.3) is 5.91 Å². The number of rotatable bonds is 7. The van der Waals surface area contributed by atoms with Crippen molar-refractivity contribution in [3.8, 4) is 17.2 Å². The molecule has 3 aromatic carbocycles. The van der Waals surface area contributed by atoms with Crippen LogP contribution in [0.5, 0.6) is 17.2 Å². The smallest absolute Gasteiger partial charge is 0.307 e. The number of likely N-dealkylation sites (N-methyl/N-ethyl adjacent to an activating group) is 1. The van der Waals surface area contributed by atoms with Gasteiger partial charge in [0.1, 0.15) is 18.5 Å². The minimum Gasteiger partial charge on any atom is -0.493 e. The molecule has 2 heterocycles. The summed E-state index contributed by atoms with van der Waals surface area (Å²) in [7, 11) is 3.54. The molecule has 0 aliphatic carbocycles. The molecule has 0 amide bonds. The van der Waals surface area contributed by atoms with Crippen molar-refractivity contribution in [3.05, 3.63) is 83.6 Å². The Morgan fingerprint density at radius 2 is 1.81 bits per heavy atom. The van der Waals surface area contributed by atoms with E-state index in [-0.39, 0.29) is 18.4 Å². The molecule has 0 fully saturated rings. The van der Waals surface area contributed by atoms with E-state index in [9.17, 15) is 14.7 Å². The Morgan fingerprint density at radius 3 is 2.59 bits per heavy atom. The van der Waals surface area contributed by atoms with E-state index in [0.717, 1.165) is 16.8 Å². The van der Waals surface area contributed by atoms with Crippen molar-refractivity contribution >= 4 is 28.5 Å². The number of carbonyl (C=O) groups excluding carboxylic acids is 1. The maximum atomic E-state index is 13.6. The van der Waals surface area contributed by atoms with Crippen LogP contribution in [-0.2, 0) is 11.2 Å². The normalized spacial score (nSPS) is 14.7. The van der Waals surface area contributed by atoms with Crippen LogP contribution in [0.25, 0.3) is 10.9 Å². The third kappa shape index (κ3) is 4.58. The van der Waals surface area contributed by atoms with Crippen molar-refractivity contribution in [3.63, 3.8) is 0 Å². The molecule has 0 saturated heterocycles. The van der Waals surface area contributed by atoms with Crippen LogP contribution in [0.2, 0.25) is 0 Å². The van der Waals surface area contributed by atoms with Crippen molar-refractivity contribution in [1.29, 1.82) is 0 Å². The fourth-order valence-corrected chi connectivity index (χ4v) is 4.88. The minimum absolute atomic E-state index is 0.161. The van der Waals surface area contributed by atoms with E-state index < -0.39 is 5.97 Å². The number of hydrogen-bond donors (Lipinski definition) is 1. The molecule has 1 aromatic heterocycles. The van der Waals surface area contributed by atoms with Crippen LogP contribution in [0.15, 0.2) is 66.7 Å². The number of ether oxygens (including phenoxy) is 3. The topological polar surface area (TPSA) is 90.2 Å². The van der Waals surface area contributed by atoms with E-state index in [1.807, 2.05) is 55.6 Å². The second kappa shape index (κ2) is 9.89. The molecule has 0 radical (unpaired) electrons. The zero-order valence-corrected chi connectivity index (χ0v) is 20.9. The van der Waals surface area contributed by atoms with Gasteiger partial charge in [0.15, 0.2) is 11.5 Å². The Bertz CT molecular complexity index is 1490. The first-order valence-electron chi connectivity index (χ1n) is 12.0. The average Bonchev–Trinajstić information content (AvgIpc) is 3.17. The van der Waals surface area contributed by atoms with Crippen LogP contribution in [0.4, 0.5) is 5.69 Å². The molecular weight excluding hydrogens is 472 g/mol. The fourth-order valence-electron chi connectivity index (χ4n) is 4.88. The minimum atomic E-state index is -0.946. The van der Waals surface area contributed by atoms with Gasteiger partial charge in [-0.15, -0.1) is 0 Å². The quantitative estimate of drug-likeness (QED) is 0.398. The molecule has 8 heteroatoms. The predicted molar refractivity (Wildman–Crippen MR) is 140 cm³/mol. The van der Waals surface area contributed by atoms with Crippen LogP contribution < -0.4 is 19.1 Å². The third-order valence-electron chi connectivity index (χ3n) is 6.66. The number of carboxylic acid groups (broad SMARTS) is 1. The summed E-state index contributed by atoms with van der Waals surface area (Å²) in [5.41, 5.74) is 3.34. The van der Waals surface area contributed by atoms with Crippen LogP contribution in [0, 0.1) is 6.92 Å². The van der Waals surface area contributed by atoms with Crippen molar-refractivity contribution in [2.75, 3.05) is 32.2 Å². The lowest BCUT2D eigenvalue weighted by Gasteiger charge is -2.33. The lowest BCUT2D eigenvalue weighted by atomic mass is 10.1. The van der Waals surface area contributed by atoms with Crippen molar-refractivity contribution in [2.24, 2.45) is 0 Å². The van der Waals surface area contributed by atoms with Crippen molar-refractivity contribution in [2.45, 2.75) is 19.4 Å². The maximum Gasteiger partial charge on any atom is 0.307 e. The number of carboxylic acids is 1.